The summed E-state index contributed by atoms with van der Waals surface area (Å²) in [5.41, 5.74) is 2.92. The molecule has 7 nitrogen and oxygen atoms in total. The van der Waals surface area contributed by atoms with Gasteiger partial charge in [-0.3, -0.25) is 9.78 Å². The number of hydrogen-bond acceptors (Lipinski definition) is 5. The number of aromatic nitrogens is 1. The summed E-state index contributed by atoms with van der Waals surface area (Å²) in [6.45, 7) is 0.746. The minimum absolute atomic E-state index is 0.182. The Hall–Kier alpha value is -4.65. The number of nitrogens with zero attached hydrogens (tertiary/aromatic N) is 2. The summed E-state index contributed by atoms with van der Waals surface area (Å²) in [5, 5.41) is 22.3. The Balaban J connectivity index is 1.44. The molecule has 41 heavy (non-hydrogen) atoms. The van der Waals surface area contributed by atoms with Gasteiger partial charge in [0, 0.05) is 34.2 Å². The van der Waals surface area contributed by atoms with Crippen molar-refractivity contribution in [2.45, 2.75) is 18.9 Å². The lowest BCUT2D eigenvalue weighted by atomic mass is 9.94. The van der Waals surface area contributed by atoms with Gasteiger partial charge in [-0.15, -0.1) is 0 Å². The van der Waals surface area contributed by atoms with Gasteiger partial charge in [0.05, 0.1) is 30.4 Å². The number of amides is 1. The molecule has 0 bridgehead atoms. The van der Waals surface area contributed by atoms with Crippen LogP contribution in [0.3, 0.4) is 0 Å². The average molecular weight is 574 g/mol. The molecular weight excluding hydrogens is 552 g/mol. The number of carbonyl (C=O) groups is 2. The topological polar surface area (TPSA) is 112 Å². The Kier molecular flexibility index (Phi) is 8.06. The van der Waals surface area contributed by atoms with Crippen molar-refractivity contribution in [2.75, 3.05) is 13.2 Å². The molecule has 1 aliphatic rings. The Morgan fingerprint density at radius 1 is 1.12 bits per heavy atom. The van der Waals surface area contributed by atoms with E-state index in [4.69, 9.17) is 21.6 Å². The van der Waals surface area contributed by atoms with E-state index in [2.05, 4.69) is 10.3 Å². The Morgan fingerprint density at radius 3 is 2.54 bits per heavy atom. The SMILES string of the molecule is N#Cc1ccc(-c2ccc(C[C@H](NC(=O)c3c(F)cc(C4=CCOCC4)cc3F)C(=O)O)c3cccnc23)c(Cl)c1. The van der Waals surface area contributed by atoms with Crippen molar-refractivity contribution in [1.82, 2.24) is 10.3 Å². The smallest absolute Gasteiger partial charge is 0.326 e. The predicted molar refractivity (Wildman–Crippen MR) is 149 cm³/mol. The van der Waals surface area contributed by atoms with Gasteiger partial charge in [-0.25, -0.2) is 13.6 Å². The zero-order valence-corrected chi connectivity index (χ0v) is 22.2. The number of carbonyl (C=O) groups excluding carboxylic acids is 1. The molecule has 1 amide bonds. The van der Waals surface area contributed by atoms with Crippen molar-refractivity contribution < 1.29 is 28.2 Å². The molecule has 1 atom stereocenters. The molecule has 0 spiro atoms. The van der Waals surface area contributed by atoms with Crippen LogP contribution in [-0.2, 0) is 16.0 Å². The molecule has 2 heterocycles. The second-order valence-electron chi connectivity index (χ2n) is 9.42. The summed E-state index contributed by atoms with van der Waals surface area (Å²) in [6.07, 6.45) is 3.59. The lowest BCUT2D eigenvalue weighted by Crippen LogP contribution is -2.43. The molecule has 3 aromatic carbocycles. The number of aliphatic carboxylic acids is 1. The third kappa shape index (κ3) is 5.80. The molecule has 1 aliphatic heterocycles. The highest BCUT2D eigenvalue weighted by Gasteiger charge is 2.27. The second kappa shape index (κ2) is 11.8. The number of ether oxygens (including phenoxy) is 1. The normalized spacial score (nSPS) is 13.8. The summed E-state index contributed by atoms with van der Waals surface area (Å²) < 4.78 is 35.1. The highest BCUT2D eigenvalue weighted by molar-refractivity contribution is 6.33. The van der Waals surface area contributed by atoms with E-state index in [-0.39, 0.29) is 6.42 Å². The molecule has 5 rings (SSSR count). The van der Waals surface area contributed by atoms with Gasteiger partial charge in [-0.2, -0.15) is 5.26 Å². The van der Waals surface area contributed by atoms with E-state index in [9.17, 15) is 23.5 Å². The van der Waals surface area contributed by atoms with Gasteiger partial charge < -0.3 is 15.2 Å². The van der Waals surface area contributed by atoms with Crippen LogP contribution in [0.15, 0.2) is 66.9 Å². The number of nitrogens with one attached hydrogen (secondary N) is 1. The molecule has 0 radical (unpaired) electrons. The number of nitriles is 1. The van der Waals surface area contributed by atoms with Gasteiger partial charge in [-0.1, -0.05) is 41.9 Å². The van der Waals surface area contributed by atoms with Crippen LogP contribution in [0.4, 0.5) is 8.78 Å². The molecule has 206 valence electrons. The first-order valence-corrected chi connectivity index (χ1v) is 13.0. The molecule has 1 aromatic heterocycles. The van der Waals surface area contributed by atoms with E-state index in [1.165, 1.54) is 0 Å². The first-order valence-electron chi connectivity index (χ1n) is 12.6. The van der Waals surface area contributed by atoms with Crippen LogP contribution >= 0.6 is 11.6 Å². The van der Waals surface area contributed by atoms with Gasteiger partial charge in [0.15, 0.2) is 0 Å². The van der Waals surface area contributed by atoms with Gasteiger partial charge in [0.25, 0.3) is 5.91 Å². The third-order valence-electron chi connectivity index (χ3n) is 6.88. The van der Waals surface area contributed by atoms with Crippen LogP contribution in [0.25, 0.3) is 27.6 Å². The number of carboxylic acids is 1. The summed E-state index contributed by atoms with van der Waals surface area (Å²) >= 11 is 6.43. The predicted octanol–water partition coefficient (Wildman–Crippen LogP) is 5.93. The summed E-state index contributed by atoms with van der Waals surface area (Å²) in [5.74, 6) is -4.73. The van der Waals surface area contributed by atoms with Gasteiger partial charge >= 0.3 is 5.97 Å². The highest BCUT2D eigenvalue weighted by atomic mass is 35.5. The average Bonchev–Trinajstić information content (AvgIpc) is 2.97. The van der Waals surface area contributed by atoms with Crippen LogP contribution in [0.1, 0.15) is 33.5 Å². The number of pyridine rings is 1. The molecule has 2 N–H and O–H groups in total. The third-order valence-corrected chi connectivity index (χ3v) is 7.19. The van der Waals surface area contributed by atoms with Crippen LogP contribution in [0.2, 0.25) is 5.02 Å². The van der Waals surface area contributed by atoms with Gasteiger partial charge in [-0.05, 0) is 53.5 Å². The van der Waals surface area contributed by atoms with Gasteiger partial charge in [0.2, 0.25) is 0 Å². The molecule has 0 unspecified atom stereocenters. The standard InChI is InChI=1S/C31H22ClF2N3O4/c32-24-12-17(16-35)3-5-22(24)23-6-4-19(21-2-1-9-36-29(21)23)15-27(31(39)40)37-30(38)28-25(33)13-20(14-26(28)34)18-7-10-41-11-8-18/h1-7,9,12-14,27H,8,10-11,15H2,(H,37,38)(H,39,40)/t27-/m0/s1. The second-order valence-corrected chi connectivity index (χ2v) is 9.82. The van der Waals surface area contributed by atoms with Crippen molar-refractivity contribution >= 4 is 40.0 Å². The minimum Gasteiger partial charge on any atom is -0.480 e. The minimum atomic E-state index is -1.49. The van der Waals surface area contributed by atoms with Crippen LogP contribution < -0.4 is 5.32 Å². The molecule has 10 heteroatoms. The van der Waals surface area contributed by atoms with Crippen LogP contribution in [0.5, 0.6) is 0 Å². The van der Waals surface area contributed by atoms with E-state index >= 15 is 0 Å². The molecule has 0 saturated heterocycles. The van der Waals surface area contributed by atoms with E-state index in [0.29, 0.717) is 69.0 Å². The molecule has 0 fully saturated rings. The summed E-state index contributed by atoms with van der Waals surface area (Å²) in [4.78, 5) is 29.5. The maximum atomic E-state index is 14.9. The maximum absolute atomic E-state index is 14.9. The highest BCUT2D eigenvalue weighted by Crippen LogP contribution is 2.35. The monoisotopic (exact) mass is 573 g/mol. The van der Waals surface area contributed by atoms with Crippen molar-refractivity contribution in [3.05, 3.63) is 106 Å². The van der Waals surface area contributed by atoms with Crippen LogP contribution in [0, 0.1) is 23.0 Å². The lowest BCUT2D eigenvalue weighted by Gasteiger charge is -2.18. The summed E-state index contributed by atoms with van der Waals surface area (Å²) in [6, 6.07) is 14.4. The lowest BCUT2D eigenvalue weighted by molar-refractivity contribution is -0.139. The van der Waals surface area contributed by atoms with E-state index in [1.807, 2.05) is 6.07 Å². The van der Waals surface area contributed by atoms with Crippen molar-refractivity contribution in [1.29, 1.82) is 5.26 Å². The fourth-order valence-corrected chi connectivity index (χ4v) is 5.13. The Bertz CT molecular complexity index is 1740. The largest absolute Gasteiger partial charge is 0.480 e. The Morgan fingerprint density at radius 2 is 1.88 bits per heavy atom. The van der Waals surface area contributed by atoms with Crippen LogP contribution in [-0.4, -0.2) is 41.2 Å². The number of fused-ring (bicyclic) bond motifs is 1. The molecule has 4 aromatic rings. The maximum Gasteiger partial charge on any atom is 0.326 e. The van der Waals surface area contributed by atoms with Crippen molar-refractivity contribution in [3.63, 3.8) is 0 Å². The number of carboxylic acid groups (broad SMARTS) is 1. The fourth-order valence-electron chi connectivity index (χ4n) is 4.85. The van der Waals surface area contributed by atoms with Crippen molar-refractivity contribution in [3.8, 4) is 17.2 Å². The molecular formula is C31H22ClF2N3O4. The van der Waals surface area contributed by atoms with E-state index in [0.717, 1.165) is 12.1 Å². The number of rotatable bonds is 7. The first kappa shape index (κ1) is 27.9. The number of halogens is 3. The van der Waals surface area contributed by atoms with E-state index < -0.39 is 35.1 Å². The number of benzene rings is 3. The van der Waals surface area contributed by atoms with Gasteiger partial charge in [0.1, 0.15) is 23.2 Å². The Labute approximate surface area is 238 Å². The molecule has 0 saturated carbocycles. The molecule has 0 aliphatic carbocycles. The quantitative estimate of drug-likeness (QED) is 0.283. The van der Waals surface area contributed by atoms with E-state index in [1.54, 1.807) is 54.7 Å². The zero-order chi connectivity index (χ0) is 29.1. The first-order chi connectivity index (χ1) is 19.8. The van der Waals surface area contributed by atoms with Crippen molar-refractivity contribution in [2.24, 2.45) is 0 Å². The zero-order valence-electron chi connectivity index (χ0n) is 21.5. The summed E-state index contributed by atoms with van der Waals surface area (Å²) in [7, 11) is 0. The fraction of sp³-hybridized carbons (Fsp3) is 0.161. The number of hydrogen-bond donors (Lipinski definition) is 2.